The number of hydrogen-bond acceptors (Lipinski definition) is 2. The molecule has 0 aromatic rings. The molecule has 0 aliphatic carbocycles. The van der Waals surface area contributed by atoms with Crippen molar-refractivity contribution in [2.45, 2.75) is 58.3 Å². The molecular formula is C11H26ClNO. The van der Waals surface area contributed by atoms with Crippen molar-refractivity contribution in [2.75, 3.05) is 13.7 Å². The molecule has 0 radical (unpaired) electrons. The van der Waals surface area contributed by atoms with Crippen molar-refractivity contribution in [1.82, 2.24) is 5.48 Å². The molecule has 2 nitrogen and oxygen atoms in total. The van der Waals surface area contributed by atoms with E-state index in [1.807, 2.05) is 0 Å². The van der Waals surface area contributed by atoms with Crippen LogP contribution in [-0.2, 0) is 4.84 Å². The maximum absolute atomic E-state index is 4.75. The van der Waals surface area contributed by atoms with Crippen molar-refractivity contribution >= 4 is 12.4 Å². The van der Waals surface area contributed by atoms with Gasteiger partial charge in [0, 0.05) is 6.54 Å². The Morgan fingerprint density at radius 1 is 0.857 bits per heavy atom. The fourth-order valence-corrected chi connectivity index (χ4v) is 1.43. The summed E-state index contributed by atoms with van der Waals surface area (Å²) in [5, 5.41) is 0. The Hall–Kier alpha value is 0.210. The van der Waals surface area contributed by atoms with Crippen molar-refractivity contribution in [2.24, 2.45) is 0 Å². The molecule has 88 valence electrons. The van der Waals surface area contributed by atoms with Gasteiger partial charge < -0.3 is 4.84 Å². The molecule has 0 saturated carbocycles. The summed E-state index contributed by atoms with van der Waals surface area (Å²) in [5.41, 5.74) is 2.86. The number of rotatable bonds is 10. The summed E-state index contributed by atoms with van der Waals surface area (Å²) in [4.78, 5) is 4.75. The molecule has 0 rings (SSSR count). The predicted octanol–water partition coefficient (Wildman–Crippen LogP) is 3.70. The average molecular weight is 224 g/mol. The standard InChI is InChI=1S/C11H25NO.ClH/c1-3-4-5-6-7-8-9-10-11-12-13-2;/h12H,3-11H2,1-2H3;1H. The molecule has 0 unspecified atom stereocenters. The van der Waals surface area contributed by atoms with Gasteiger partial charge in [0.15, 0.2) is 0 Å². The van der Waals surface area contributed by atoms with E-state index in [0.29, 0.717) is 0 Å². The molecule has 0 bridgehead atoms. The maximum Gasteiger partial charge on any atom is 0.0572 e. The monoisotopic (exact) mass is 223 g/mol. The Morgan fingerprint density at radius 3 is 1.86 bits per heavy atom. The number of nitrogens with one attached hydrogen (secondary N) is 1. The second kappa shape index (κ2) is 15.7. The molecule has 0 amide bonds. The van der Waals surface area contributed by atoms with Gasteiger partial charge in [0.1, 0.15) is 0 Å². The summed E-state index contributed by atoms with van der Waals surface area (Å²) < 4.78 is 0. The first kappa shape index (κ1) is 16.6. The van der Waals surface area contributed by atoms with Gasteiger partial charge in [-0.2, -0.15) is 0 Å². The van der Waals surface area contributed by atoms with Gasteiger partial charge in [-0.1, -0.05) is 51.9 Å². The molecule has 3 heteroatoms. The highest BCUT2D eigenvalue weighted by Crippen LogP contribution is 2.07. The van der Waals surface area contributed by atoms with Gasteiger partial charge in [-0.3, -0.25) is 0 Å². The predicted molar refractivity (Wildman–Crippen MR) is 64.9 cm³/mol. The van der Waals surface area contributed by atoms with Gasteiger partial charge in [0.05, 0.1) is 7.11 Å². The lowest BCUT2D eigenvalue weighted by atomic mass is 10.1. The average Bonchev–Trinajstić information content (AvgIpc) is 2.16. The number of hydrogen-bond donors (Lipinski definition) is 1. The Bertz CT molecular complexity index is 81.4. The molecular weight excluding hydrogens is 198 g/mol. The third-order valence-electron chi connectivity index (χ3n) is 2.28. The van der Waals surface area contributed by atoms with Crippen molar-refractivity contribution in [3.8, 4) is 0 Å². The summed E-state index contributed by atoms with van der Waals surface area (Å²) in [7, 11) is 1.67. The van der Waals surface area contributed by atoms with E-state index < -0.39 is 0 Å². The largest absolute Gasteiger partial charge is 0.305 e. The van der Waals surface area contributed by atoms with Crippen LogP contribution in [0.25, 0.3) is 0 Å². The SMILES string of the molecule is CCCCCCCCCCNOC.Cl. The maximum atomic E-state index is 4.75. The second-order valence-corrected chi connectivity index (χ2v) is 3.57. The van der Waals surface area contributed by atoms with Crippen molar-refractivity contribution in [1.29, 1.82) is 0 Å². The lowest BCUT2D eigenvalue weighted by Gasteiger charge is -2.02. The molecule has 0 atom stereocenters. The lowest BCUT2D eigenvalue weighted by molar-refractivity contribution is 0.0904. The molecule has 0 heterocycles. The Morgan fingerprint density at radius 2 is 1.36 bits per heavy atom. The van der Waals surface area contributed by atoms with E-state index in [1.54, 1.807) is 7.11 Å². The van der Waals surface area contributed by atoms with E-state index >= 15 is 0 Å². The van der Waals surface area contributed by atoms with Gasteiger partial charge >= 0.3 is 0 Å². The first-order chi connectivity index (χ1) is 6.41. The van der Waals surface area contributed by atoms with Crippen molar-refractivity contribution in [3.63, 3.8) is 0 Å². The van der Waals surface area contributed by atoms with Gasteiger partial charge in [0.25, 0.3) is 0 Å². The summed E-state index contributed by atoms with van der Waals surface area (Å²) in [6.45, 7) is 3.25. The van der Waals surface area contributed by atoms with E-state index in [1.165, 1.54) is 51.4 Å². The van der Waals surface area contributed by atoms with Crippen LogP contribution in [0.5, 0.6) is 0 Å². The minimum absolute atomic E-state index is 0. The summed E-state index contributed by atoms with van der Waals surface area (Å²) in [5.74, 6) is 0. The number of unbranched alkanes of at least 4 members (excludes halogenated alkanes) is 7. The zero-order valence-electron chi connectivity index (χ0n) is 9.68. The number of halogens is 1. The molecule has 0 aliphatic heterocycles. The number of hydroxylamine groups is 1. The van der Waals surface area contributed by atoms with Crippen LogP contribution in [0.3, 0.4) is 0 Å². The fourth-order valence-electron chi connectivity index (χ4n) is 1.43. The zero-order chi connectivity index (χ0) is 9.78. The van der Waals surface area contributed by atoms with E-state index in [4.69, 9.17) is 4.84 Å². The normalized spacial score (nSPS) is 9.86. The topological polar surface area (TPSA) is 21.3 Å². The quantitative estimate of drug-likeness (QED) is 0.451. The first-order valence-electron chi connectivity index (χ1n) is 5.67. The minimum atomic E-state index is 0. The highest BCUT2D eigenvalue weighted by atomic mass is 35.5. The second-order valence-electron chi connectivity index (χ2n) is 3.57. The Balaban J connectivity index is 0. The van der Waals surface area contributed by atoms with Crippen LogP contribution in [0.1, 0.15) is 58.3 Å². The van der Waals surface area contributed by atoms with Crippen molar-refractivity contribution in [3.05, 3.63) is 0 Å². The minimum Gasteiger partial charge on any atom is -0.305 e. The lowest BCUT2D eigenvalue weighted by Crippen LogP contribution is -2.12. The van der Waals surface area contributed by atoms with Crippen LogP contribution < -0.4 is 5.48 Å². The van der Waals surface area contributed by atoms with E-state index in [-0.39, 0.29) is 12.4 Å². The van der Waals surface area contributed by atoms with E-state index in [0.717, 1.165) is 6.54 Å². The highest BCUT2D eigenvalue weighted by Gasteiger charge is 1.90. The van der Waals surface area contributed by atoms with Gasteiger partial charge in [-0.05, 0) is 6.42 Å². The third-order valence-corrected chi connectivity index (χ3v) is 2.28. The summed E-state index contributed by atoms with van der Waals surface area (Å²) in [6, 6.07) is 0. The van der Waals surface area contributed by atoms with Crippen LogP contribution in [0.2, 0.25) is 0 Å². The molecule has 1 N–H and O–H groups in total. The summed E-state index contributed by atoms with van der Waals surface area (Å²) >= 11 is 0. The smallest absolute Gasteiger partial charge is 0.0572 e. The molecule has 0 spiro atoms. The first-order valence-corrected chi connectivity index (χ1v) is 5.67. The summed E-state index contributed by atoms with van der Waals surface area (Å²) in [6.07, 6.45) is 11.0. The van der Waals surface area contributed by atoms with Crippen LogP contribution in [0.15, 0.2) is 0 Å². The molecule has 0 aliphatic rings. The van der Waals surface area contributed by atoms with Crippen LogP contribution in [-0.4, -0.2) is 13.7 Å². The van der Waals surface area contributed by atoms with E-state index in [9.17, 15) is 0 Å². The van der Waals surface area contributed by atoms with E-state index in [2.05, 4.69) is 12.4 Å². The molecule has 0 aromatic carbocycles. The van der Waals surface area contributed by atoms with Gasteiger partial charge in [0.2, 0.25) is 0 Å². The van der Waals surface area contributed by atoms with Crippen LogP contribution in [0, 0.1) is 0 Å². The molecule has 0 aromatic heterocycles. The molecule has 0 saturated heterocycles. The zero-order valence-corrected chi connectivity index (χ0v) is 10.5. The van der Waals surface area contributed by atoms with Crippen LogP contribution >= 0.6 is 12.4 Å². The molecule has 0 fully saturated rings. The molecule has 14 heavy (non-hydrogen) atoms. The fraction of sp³-hybridized carbons (Fsp3) is 1.00. The van der Waals surface area contributed by atoms with Crippen molar-refractivity contribution < 1.29 is 4.84 Å². The Labute approximate surface area is 95.2 Å². The van der Waals surface area contributed by atoms with Gasteiger partial charge in [-0.25, -0.2) is 5.48 Å². The van der Waals surface area contributed by atoms with Crippen LogP contribution in [0.4, 0.5) is 0 Å². The Kier molecular flexibility index (Phi) is 18.6. The highest BCUT2D eigenvalue weighted by molar-refractivity contribution is 5.85. The van der Waals surface area contributed by atoms with Gasteiger partial charge in [-0.15, -0.1) is 12.4 Å². The third kappa shape index (κ3) is 14.7.